The van der Waals surface area contributed by atoms with Gasteiger partial charge in [-0.3, -0.25) is 4.79 Å². The van der Waals surface area contributed by atoms with E-state index in [0.29, 0.717) is 24.9 Å². The SMILES string of the molecule is Cc1ccccc1OCCCC(=O)N1C[C@H]2CNC[C@H]2C1. The van der Waals surface area contributed by atoms with Crippen molar-refractivity contribution in [2.24, 2.45) is 11.8 Å². The Morgan fingerprint density at radius 2 is 2.00 bits per heavy atom. The number of rotatable bonds is 5. The van der Waals surface area contributed by atoms with E-state index in [-0.39, 0.29) is 5.91 Å². The van der Waals surface area contributed by atoms with Crippen LogP contribution in [0.1, 0.15) is 18.4 Å². The van der Waals surface area contributed by atoms with Crippen molar-refractivity contribution < 1.29 is 9.53 Å². The fourth-order valence-electron chi connectivity index (χ4n) is 3.34. The molecule has 0 unspecified atom stereocenters. The van der Waals surface area contributed by atoms with E-state index in [2.05, 4.69) is 5.32 Å². The van der Waals surface area contributed by atoms with Crippen molar-refractivity contribution in [1.82, 2.24) is 10.2 Å². The zero-order valence-corrected chi connectivity index (χ0v) is 12.7. The first-order chi connectivity index (χ1) is 10.2. The largest absolute Gasteiger partial charge is 0.493 e. The Bertz CT molecular complexity index is 491. The maximum absolute atomic E-state index is 12.2. The van der Waals surface area contributed by atoms with Crippen molar-refractivity contribution in [1.29, 1.82) is 0 Å². The van der Waals surface area contributed by atoms with Crippen LogP contribution < -0.4 is 10.1 Å². The van der Waals surface area contributed by atoms with Gasteiger partial charge in [0, 0.05) is 32.6 Å². The fraction of sp³-hybridized carbons (Fsp3) is 0.588. The first kappa shape index (κ1) is 14.4. The Morgan fingerprint density at radius 1 is 1.29 bits per heavy atom. The van der Waals surface area contributed by atoms with E-state index in [9.17, 15) is 4.79 Å². The lowest BCUT2D eigenvalue weighted by molar-refractivity contribution is -0.130. The summed E-state index contributed by atoms with van der Waals surface area (Å²) in [5.41, 5.74) is 1.14. The van der Waals surface area contributed by atoms with E-state index in [1.54, 1.807) is 0 Å². The number of carbonyl (C=O) groups excluding carboxylic acids is 1. The third-order valence-corrected chi connectivity index (χ3v) is 4.63. The summed E-state index contributed by atoms with van der Waals surface area (Å²) in [4.78, 5) is 14.3. The highest BCUT2D eigenvalue weighted by molar-refractivity contribution is 5.76. The van der Waals surface area contributed by atoms with Crippen LogP contribution >= 0.6 is 0 Å². The number of carbonyl (C=O) groups is 1. The Labute approximate surface area is 126 Å². The third-order valence-electron chi connectivity index (χ3n) is 4.63. The van der Waals surface area contributed by atoms with Crippen LogP contribution in [0.2, 0.25) is 0 Å². The van der Waals surface area contributed by atoms with Gasteiger partial charge in [0.1, 0.15) is 5.75 Å². The minimum atomic E-state index is 0.290. The van der Waals surface area contributed by atoms with E-state index in [4.69, 9.17) is 4.74 Å². The summed E-state index contributed by atoms with van der Waals surface area (Å²) >= 11 is 0. The number of hydrogen-bond acceptors (Lipinski definition) is 3. The Balaban J connectivity index is 1.38. The minimum absolute atomic E-state index is 0.290. The molecule has 1 N–H and O–H groups in total. The molecule has 1 aromatic carbocycles. The van der Waals surface area contributed by atoms with Crippen LogP contribution in [0.5, 0.6) is 5.75 Å². The average Bonchev–Trinajstić information content (AvgIpc) is 3.06. The molecule has 0 aliphatic carbocycles. The van der Waals surface area contributed by atoms with Gasteiger partial charge in [0.05, 0.1) is 6.61 Å². The molecule has 2 fully saturated rings. The highest BCUT2D eigenvalue weighted by Crippen LogP contribution is 2.26. The summed E-state index contributed by atoms with van der Waals surface area (Å²) in [6.45, 7) is 6.68. The van der Waals surface area contributed by atoms with Crippen LogP contribution in [0.15, 0.2) is 24.3 Å². The topological polar surface area (TPSA) is 41.6 Å². The van der Waals surface area contributed by atoms with E-state index in [1.807, 2.05) is 36.1 Å². The molecule has 0 aromatic heterocycles. The molecule has 2 aliphatic rings. The van der Waals surface area contributed by atoms with Gasteiger partial charge in [0.15, 0.2) is 0 Å². The maximum atomic E-state index is 12.2. The van der Waals surface area contributed by atoms with Gasteiger partial charge in [-0.05, 0) is 36.8 Å². The molecule has 2 saturated heterocycles. The second-order valence-electron chi connectivity index (χ2n) is 6.19. The van der Waals surface area contributed by atoms with E-state index in [0.717, 1.165) is 43.9 Å². The number of fused-ring (bicyclic) bond motifs is 1. The maximum Gasteiger partial charge on any atom is 0.222 e. The van der Waals surface area contributed by atoms with Crippen molar-refractivity contribution >= 4 is 5.91 Å². The van der Waals surface area contributed by atoms with Crippen molar-refractivity contribution in [3.05, 3.63) is 29.8 Å². The smallest absolute Gasteiger partial charge is 0.222 e. The summed E-state index contributed by atoms with van der Waals surface area (Å²) in [6.07, 6.45) is 1.38. The van der Waals surface area contributed by atoms with Gasteiger partial charge in [-0.25, -0.2) is 0 Å². The molecule has 4 nitrogen and oxygen atoms in total. The summed E-state index contributed by atoms with van der Waals surface area (Å²) in [6, 6.07) is 8.00. The first-order valence-electron chi connectivity index (χ1n) is 7.91. The van der Waals surface area contributed by atoms with Crippen LogP contribution in [0.3, 0.4) is 0 Å². The van der Waals surface area contributed by atoms with Crippen LogP contribution in [0, 0.1) is 18.8 Å². The molecular weight excluding hydrogens is 264 g/mol. The second kappa shape index (κ2) is 6.48. The minimum Gasteiger partial charge on any atom is -0.493 e. The molecule has 4 heteroatoms. The Morgan fingerprint density at radius 3 is 2.71 bits per heavy atom. The number of para-hydroxylation sites is 1. The molecule has 0 radical (unpaired) electrons. The van der Waals surface area contributed by atoms with Crippen LogP contribution in [0.4, 0.5) is 0 Å². The van der Waals surface area contributed by atoms with E-state index in [1.165, 1.54) is 0 Å². The molecule has 21 heavy (non-hydrogen) atoms. The van der Waals surface area contributed by atoms with Gasteiger partial charge in [-0.15, -0.1) is 0 Å². The number of nitrogens with zero attached hydrogens (tertiary/aromatic N) is 1. The van der Waals surface area contributed by atoms with Crippen molar-refractivity contribution in [3.63, 3.8) is 0 Å². The molecule has 0 bridgehead atoms. The van der Waals surface area contributed by atoms with Crippen molar-refractivity contribution in [2.75, 3.05) is 32.8 Å². The summed E-state index contributed by atoms with van der Waals surface area (Å²) in [5, 5.41) is 3.40. The predicted molar refractivity (Wildman–Crippen MR) is 82.3 cm³/mol. The fourth-order valence-corrected chi connectivity index (χ4v) is 3.34. The molecule has 1 amide bonds. The third kappa shape index (κ3) is 3.38. The zero-order valence-electron chi connectivity index (χ0n) is 12.7. The molecule has 2 aliphatic heterocycles. The number of benzene rings is 1. The number of hydrogen-bond donors (Lipinski definition) is 1. The lowest BCUT2D eigenvalue weighted by Gasteiger charge is -2.17. The van der Waals surface area contributed by atoms with Crippen molar-refractivity contribution in [2.45, 2.75) is 19.8 Å². The molecule has 114 valence electrons. The van der Waals surface area contributed by atoms with Crippen LogP contribution in [0.25, 0.3) is 0 Å². The zero-order chi connectivity index (χ0) is 14.7. The number of ether oxygens (including phenoxy) is 1. The molecule has 0 spiro atoms. The van der Waals surface area contributed by atoms with Gasteiger partial charge in [0.2, 0.25) is 5.91 Å². The normalized spacial score (nSPS) is 24.1. The van der Waals surface area contributed by atoms with Crippen LogP contribution in [-0.2, 0) is 4.79 Å². The number of aryl methyl sites for hydroxylation is 1. The molecule has 3 rings (SSSR count). The van der Waals surface area contributed by atoms with E-state index >= 15 is 0 Å². The number of amides is 1. The van der Waals surface area contributed by atoms with Gasteiger partial charge in [-0.1, -0.05) is 18.2 Å². The van der Waals surface area contributed by atoms with E-state index < -0.39 is 0 Å². The number of nitrogens with one attached hydrogen (secondary N) is 1. The molecular formula is C17H24N2O2. The second-order valence-corrected chi connectivity index (χ2v) is 6.19. The van der Waals surface area contributed by atoms with Crippen molar-refractivity contribution in [3.8, 4) is 5.75 Å². The Hall–Kier alpha value is -1.55. The summed E-state index contributed by atoms with van der Waals surface area (Å²) in [7, 11) is 0. The summed E-state index contributed by atoms with van der Waals surface area (Å²) in [5.74, 6) is 2.57. The van der Waals surface area contributed by atoms with Gasteiger partial charge >= 0.3 is 0 Å². The first-order valence-corrected chi connectivity index (χ1v) is 7.91. The van der Waals surface area contributed by atoms with Gasteiger partial charge in [-0.2, -0.15) is 0 Å². The monoisotopic (exact) mass is 288 g/mol. The van der Waals surface area contributed by atoms with Gasteiger partial charge < -0.3 is 15.0 Å². The lowest BCUT2D eigenvalue weighted by Crippen LogP contribution is -2.31. The molecule has 1 aromatic rings. The highest BCUT2D eigenvalue weighted by Gasteiger charge is 2.37. The van der Waals surface area contributed by atoms with Gasteiger partial charge in [0.25, 0.3) is 0 Å². The average molecular weight is 288 g/mol. The standard InChI is InChI=1S/C17H24N2O2/c1-13-5-2-3-6-16(13)21-8-4-7-17(20)19-11-14-9-18-10-15(14)12-19/h2-3,5-6,14-15,18H,4,7-12H2,1H3/t14-,15+. The quantitative estimate of drug-likeness (QED) is 0.841. The predicted octanol–water partition coefficient (Wildman–Crippen LogP) is 1.83. The Kier molecular flexibility index (Phi) is 4.44. The summed E-state index contributed by atoms with van der Waals surface area (Å²) < 4.78 is 5.74. The molecule has 2 atom stereocenters. The lowest BCUT2D eigenvalue weighted by atomic mass is 10.0. The highest BCUT2D eigenvalue weighted by atomic mass is 16.5. The molecule has 2 heterocycles. The van der Waals surface area contributed by atoms with Crippen LogP contribution in [-0.4, -0.2) is 43.6 Å². The number of likely N-dealkylation sites (tertiary alicyclic amines) is 1. The molecule has 0 saturated carbocycles.